The molecule has 0 bridgehead atoms. The second-order valence-corrected chi connectivity index (χ2v) is 9.02. The third kappa shape index (κ3) is 4.37. The molecule has 1 aromatic rings. The van der Waals surface area contributed by atoms with Gasteiger partial charge in [0.2, 0.25) is 15.9 Å². The van der Waals surface area contributed by atoms with Crippen LogP contribution in [0.4, 0.5) is 10.5 Å². The van der Waals surface area contributed by atoms with Gasteiger partial charge in [-0.2, -0.15) is 0 Å². The second-order valence-electron chi connectivity index (χ2n) is 6.53. The lowest BCUT2D eigenvalue weighted by Gasteiger charge is -2.16. The third-order valence-electron chi connectivity index (χ3n) is 4.48. The van der Waals surface area contributed by atoms with E-state index in [0.717, 1.165) is 66.5 Å². The van der Waals surface area contributed by atoms with Gasteiger partial charge in [0.1, 0.15) is 17.2 Å². The van der Waals surface area contributed by atoms with Crippen LogP contribution in [0.3, 0.4) is 0 Å². The number of hydrogen-bond donors (Lipinski definition) is 3. The van der Waals surface area contributed by atoms with E-state index in [9.17, 15) is 27.9 Å². The number of nitrogens with one attached hydrogen (secondary N) is 1. The number of aromatic hydroxyl groups is 1. The number of rotatable bonds is 4. The van der Waals surface area contributed by atoms with Gasteiger partial charge in [-0.1, -0.05) is 12.0 Å². The van der Waals surface area contributed by atoms with Crippen LogP contribution in [-0.2, 0) is 19.6 Å². The number of benzene rings is 1. The number of thioether (sulfide) groups is 1. The Hall–Kier alpha value is -2.37. The molecule has 1 heterocycles. The maximum Gasteiger partial charge on any atom is 0.294 e. The van der Waals surface area contributed by atoms with Crippen LogP contribution in [0, 0.1) is 0 Å². The van der Waals surface area contributed by atoms with Crippen molar-refractivity contribution in [1.82, 2.24) is 4.90 Å². The molecule has 0 atom stereocenters. The van der Waals surface area contributed by atoms with Gasteiger partial charge in [-0.3, -0.25) is 19.3 Å². The topological polar surface area (TPSA) is 147 Å². The van der Waals surface area contributed by atoms with E-state index in [0.29, 0.717) is 4.91 Å². The molecule has 0 unspecified atom stereocenters. The van der Waals surface area contributed by atoms with Crippen molar-refractivity contribution in [2.24, 2.45) is 5.14 Å². The zero-order valence-corrected chi connectivity index (χ0v) is 16.4. The number of nitrogens with two attached hydrogens (primary N) is 1. The Morgan fingerprint density at radius 3 is 2.50 bits per heavy atom. The first kappa shape index (κ1) is 20.4. The van der Waals surface area contributed by atoms with Crippen molar-refractivity contribution in [3.63, 3.8) is 0 Å². The van der Waals surface area contributed by atoms with Crippen molar-refractivity contribution >= 4 is 44.5 Å². The number of sulfonamides is 1. The Labute approximate surface area is 166 Å². The molecule has 28 heavy (non-hydrogen) atoms. The van der Waals surface area contributed by atoms with E-state index in [4.69, 9.17) is 5.14 Å². The molecule has 150 valence electrons. The number of primary sulfonamides is 1. The lowest BCUT2D eigenvalue weighted by molar-refractivity contribution is -0.127. The van der Waals surface area contributed by atoms with Crippen molar-refractivity contribution in [1.29, 1.82) is 0 Å². The molecule has 11 heteroatoms. The number of imide groups is 1. The number of hydrogen-bond acceptors (Lipinski definition) is 7. The molecule has 4 N–H and O–H groups in total. The smallest absolute Gasteiger partial charge is 0.294 e. The van der Waals surface area contributed by atoms with Crippen LogP contribution >= 0.6 is 11.8 Å². The minimum absolute atomic E-state index is 0.104. The Morgan fingerprint density at radius 2 is 1.89 bits per heavy atom. The first-order valence-corrected chi connectivity index (χ1v) is 10.9. The fourth-order valence-corrected chi connectivity index (χ4v) is 4.72. The van der Waals surface area contributed by atoms with E-state index in [1.54, 1.807) is 0 Å². The predicted molar refractivity (Wildman–Crippen MR) is 103 cm³/mol. The number of phenolic OH excluding ortho intramolecular Hbond substituents is 1. The van der Waals surface area contributed by atoms with Gasteiger partial charge in [0.25, 0.3) is 11.1 Å². The summed E-state index contributed by atoms with van der Waals surface area (Å²) in [5.41, 5.74) is 1.08. The number of nitrogens with zero attached hydrogens (tertiary/aromatic N) is 1. The standard InChI is InChI=1S/C17H19N3O6S2/c18-28(25,26)13-7-6-11(8-12(13)21)19-14(22)9-20-16(23)15(27-17(20)24)10-4-2-1-3-5-10/h6-8,21H,1-5,9H2,(H,19,22)(H2,18,25,26). The molecule has 9 nitrogen and oxygen atoms in total. The van der Waals surface area contributed by atoms with Crippen LogP contribution in [-0.4, -0.2) is 42.0 Å². The molecule has 3 rings (SSSR count). The van der Waals surface area contributed by atoms with E-state index in [1.165, 1.54) is 6.07 Å². The molecular weight excluding hydrogens is 406 g/mol. The van der Waals surface area contributed by atoms with Gasteiger partial charge in [-0.25, -0.2) is 13.6 Å². The zero-order valence-electron chi connectivity index (χ0n) is 14.8. The monoisotopic (exact) mass is 425 g/mol. The van der Waals surface area contributed by atoms with Crippen LogP contribution < -0.4 is 10.5 Å². The van der Waals surface area contributed by atoms with Gasteiger partial charge in [-0.15, -0.1) is 0 Å². The fraction of sp³-hybridized carbons (Fsp3) is 0.353. The third-order valence-corrected chi connectivity index (χ3v) is 6.50. The molecule has 0 radical (unpaired) electrons. The van der Waals surface area contributed by atoms with Gasteiger partial charge in [0.15, 0.2) is 0 Å². The van der Waals surface area contributed by atoms with Crippen LogP contribution in [0.25, 0.3) is 0 Å². The van der Waals surface area contributed by atoms with Gasteiger partial charge in [-0.05, 0) is 49.6 Å². The molecule has 0 aromatic heterocycles. The molecule has 2 fully saturated rings. The molecule has 3 amide bonds. The zero-order chi connectivity index (χ0) is 20.5. The Balaban J connectivity index is 1.69. The lowest BCUT2D eigenvalue weighted by Crippen LogP contribution is -2.36. The summed E-state index contributed by atoms with van der Waals surface area (Å²) in [5.74, 6) is -1.73. The van der Waals surface area contributed by atoms with E-state index in [-0.39, 0.29) is 5.69 Å². The lowest BCUT2D eigenvalue weighted by atomic mass is 9.94. The van der Waals surface area contributed by atoms with Crippen LogP contribution in [0.1, 0.15) is 32.1 Å². The first-order valence-electron chi connectivity index (χ1n) is 8.58. The molecule has 1 saturated carbocycles. The number of amides is 3. The Morgan fingerprint density at radius 1 is 1.21 bits per heavy atom. The summed E-state index contributed by atoms with van der Waals surface area (Å²) in [6.07, 6.45) is 4.65. The average molecular weight is 425 g/mol. The molecular formula is C17H19N3O6S2. The number of anilines is 1. The highest BCUT2D eigenvalue weighted by molar-refractivity contribution is 8.18. The van der Waals surface area contributed by atoms with Gasteiger partial charge in [0, 0.05) is 11.8 Å². The summed E-state index contributed by atoms with van der Waals surface area (Å²) in [5, 5.41) is 16.6. The SMILES string of the molecule is NS(=O)(=O)c1ccc(NC(=O)CN2C(=O)SC(=C3CCCCC3)C2=O)cc1O. The summed E-state index contributed by atoms with van der Waals surface area (Å²) in [7, 11) is -4.10. The maximum atomic E-state index is 12.5. The Kier molecular flexibility index (Phi) is 5.77. The van der Waals surface area contributed by atoms with Crippen LogP contribution in [0.15, 0.2) is 33.6 Å². The fourth-order valence-electron chi connectivity index (χ4n) is 3.14. The number of carbonyl (C=O) groups is 3. The molecule has 0 spiro atoms. The normalized spacial score (nSPS) is 18.0. The molecule has 1 aromatic carbocycles. The van der Waals surface area contributed by atoms with Crippen molar-refractivity contribution < 1.29 is 27.9 Å². The average Bonchev–Trinajstić information content (AvgIpc) is 2.89. The summed E-state index contributed by atoms with van der Waals surface area (Å²) < 4.78 is 22.6. The molecule has 1 saturated heterocycles. The van der Waals surface area contributed by atoms with Gasteiger partial charge in [0.05, 0.1) is 4.91 Å². The summed E-state index contributed by atoms with van der Waals surface area (Å²) in [4.78, 5) is 37.8. The van der Waals surface area contributed by atoms with E-state index < -0.39 is 44.3 Å². The van der Waals surface area contributed by atoms with Crippen molar-refractivity contribution in [3.05, 3.63) is 28.7 Å². The molecule has 1 aliphatic heterocycles. The highest BCUT2D eigenvalue weighted by Gasteiger charge is 2.38. The molecule has 2 aliphatic rings. The van der Waals surface area contributed by atoms with Crippen molar-refractivity contribution in [3.8, 4) is 5.75 Å². The minimum atomic E-state index is -4.10. The highest BCUT2D eigenvalue weighted by atomic mass is 32.2. The largest absolute Gasteiger partial charge is 0.506 e. The van der Waals surface area contributed by atoms with Gasteiger partial charge < -0.3 is 10.4 Å². The van der Waals surface area contributed by atoms with Gasteiger partial charge >= 0.3 is 0 Å². The van der Waals surface area contributed by atoms with E-state index in [2.05, 4.69) is 5.32 Å². The van der Waals surface area contributed by atoms with Crippen LogP contribution in [0.5, 0.6) is 5.75 Å². The maximum absolute atomic E-state index is 12.5. The second kappa shape index (κ2) is 7.94. The summed E-state index contributed by atoms with van der Waals surface area (Å²) in [6, 6.07) is 3.32. The van der Waals surface area contributed by atoms with E-state index in [1.807, 2.05) is 0 Å². The predicted octanol–water partition coefficient (Wildman–Crippen LogP) is 1.89. The number of allylic oxidation sites excluding steroid dienone is 1. The van der Waals surface area contributed by atoms with Crippen LogP contribution in [0.2, 0.25) is 0 Å². The molecule has 1 aliphatic carbocycles. The van der Waals surface area contributed by atoms with E-state index >= 15 is 0 Å². The summed E-state index contributed by atoms with van der Waals surface area (Å²) in [6.45, 7) is -0.473. The minimum Gasteiger partial charge on any atom is -0.506 e. The first-order chi connectivity index (χ1) is 13.2. The van der Waals surface area contributed by atoms with Crippen molar-refractivity contribution in [2.75, 3.05) is 11.9 Å². The quantitative estimate of drug-likeness (QED) is 0.624. The Bertz CT molecular complexity index is 979. The highest BCUT2D eigenvalue weighted by Crippen LogP contribution is 2.38. The summed E-state index contributed by atoms with van der Waals surface area (Å²) >= 11 is 0.860. The number of carbonyl (C=O) groups excluding carboxylic acids is 3. The number of phenols is 1. The van der Waals surface area contributed by atoms with Crippen molar-refractivity contribution in [2.45, 2.75) is 37.0 Å².